The highest BCUT2D eigenvalue weighted by molar-refractivity contribution is 4.94. The fraction of sp³-hybridized carbons (Fsp3) is 1.00. The van der Waals surface area contributed by atoms with Crippen LogP contribution in [0.4, 0.5) is 0 Å². The van der Waals surface area contributed by atoms with E-state index in [1.807, 2.05) is 7.11 Å². The maximum Gasteiger partial charge on any atom is 0.0713 e. The summed E-state index contributed by atoms with van der Waals surface area (Å²) in [4.78, 5) is 2.46. The predicted octanol–water partition coefficient (Wildman–Crippen LogP) is 1.12. The highest BCUT2D eigenvalue weighted by atomic mass is 16.5. The molecule has 0 aromatic carbocycles. The number of ether oxygens (including phenoxy) is 1. The molecule has 1 saturated heterocycles. The molecular formula is C9H17NO. The number of likely N-dealkylation sites (tertiary alicyclic amines) is 1. The van der Waals surface area contributed by atoms with E-state index < -0.39 is 0 Å². The van der Waals surface area contributed by atoms with Crippen LogP contribution in [0.3, 0.4) is 0 Å². The van der Waals surface area contributed by atoms with E-state index >= 15 is 0 Å². The van der Waals surface area contributed by atoms with Gasteiger partial charge in [-0.1, -0.05) is 0 Å². The summed E-state index contributed by atoms with van der Waals surface area (Å²) >= 11 is 0. The van der Waals surface area contributed by atoms with Crippen LogP contribution in [-0.4, -0.2) is 37.7 Å². The second-order valence-corrected chi connectivity index (χ2v) is 3.94. The Labute approximate surface area is 68.5 Å². The summed E-state index contributed by atoms with van der Waals surface area (Å²) in [5.41, 5.74) is 0. The lowest BCUT2D eigenvalue weighted by Gasteiger charge is -2.17. The summed E-state index contributed by atoms with van der Waals surface area (Å²) in [7, 11) is 4.05. The third-order valence-electron chi connectivity index (χ3n) is 3.06. The van der Waals surface area contributed by atoms with E-state index in [4.69, 9.17) is 4.74 Å². The van der Waals surface area contributed by atoms with Crippen LogP contribution >= 0.6 is 0 Å². The zero-order chi connectivity index (χ0) is 7.84. The summed E-state index contributed by atoms with van der Waals surface area (Å²) in [6, 6.07) is 0.833. The zero-order valence-electron chi connectivity index (χ0n) is 7.42. The highest BCUT2D eigenvalue weighted by Crippen LogP contribution is 2.39. The Morgan fingerprint density at radius 3 is 2.55 bits per heavy atom. The molecule has 11 heavy (non-hydrogen) atoms. The van der Waals surface area contributed by atoms with Gasteiger partial charge in [0.15, 0.2) is 0 Å². The fourth-order valence-corrected chi connectivity index (χ4v) is 2.18. The molecular weight excluding hydrogens is 138 g/mol. The second kappa shape index (κ2) is 2.76. The van der Waals surface area contributed by atoms with E-state index in [-0.39, 0.29) is 0 Å². The maximum absolute atomic E-state index is 5.35. The minimum absolute atomic E-state index is 0.505. The van der Waals surface area contributed by atoms with E-state index in [2.05, 4.69) is 11.9 Å². The van der Waals surface area contributed by atoms with Gasteiger partial charge in [-0.2, -0.15) is 0 Å². The van der Waals surface area contributed by atoms with Gasteiger partial charge in [0.2, 0.25) is 0 Å². The van der Waals surface area contributed by atoms with Crippen LogP contribution in [0.1, 0.15) is 19.3 Å². The first-order valence-electron chi connectivity index (χ1n) is 4.54. The number of methoxy groups -OCH3 is 1. The van der Waals surface area contributed by atoms with Gasteiger partial charge in [-0.3, -0.25) is 0 Å². The van der Waals surface area contributed by atoms with Crippen molar-refractivity contribution in [2.24, 2.45) is 5.92 Å². The Kier molecular flexibility index (Phi) is 1.90. The highest BCUT2D eigenvalue weighted by Gasteiger charge is 2.39. The first-order chi connectivity index (χ1) is 5.31. The number of hydrogen-bond donors (Lipinski definition) is 0. The van der Waals surface area contributed by atoms with Crippen LogP contribution < -0.4 is 0 Å². The molecule has 2 heteroatoms. The van der Waals surface area contributed by atoms with Crippen LogP contribution in [0.15, 0.2) is 0 Å². The van der Waals surface area contributed by atoms with Crippen molar-refractivity contribution in [3.05, 3.63) is 0 Å². The molecule has 2 unspecified atom stereocenters. The van der Waals surface area contributed by atoms with E-state index in [0.717, 1.165) is 18.5 Å². The minimum atomic E-state index is 0.505. The van der Waals surface area contributed by atoms with Crippen molar-refractivity contribution in [3.8, 4) is 0 Å². The van der Waals surface area contributed by atoms with Gasteiger partial charge in [-0.05, 0) is 32.2 Å². The van der Waals surface area contributed by atoms with Crippen LogP contribution in [-0.2, 0) is 4.74 Å². The summed E-state index contributed by atoms with van der Waals surface area (Å²) in [5.74, 6) is 1.00. The average Bonchev–Trinajstić information content (AvgIpc) is 2.76. The molecule has 2 nitrogen and oxygen atoms in total. The lowest BCUT2D eigenvalue weighted by molar-refractivity contribution is 0.111. The Bertz CT molecular complexity index is 144. The van der Waals surface area contributed by atoms with Crippen molar-refractivity contribution in [3.63, 3.8) is 0 Å². The predicted molar refractivity (Wildman–Crippen MR) is 44.6 cm³/mol. The molecule has 1 aliphatic heterocycles. The van der Waals surface area contributed by atoms with Crippen molar-refractivity contribution in [1.82, 2.24) is 4.90 Å². The fourth-order valence-electron chi connectivity index (χ4n) is 2.18. The number of likely N-dealkylation sites (N-methyl/N-ethyl adjacent to an activating group) is 1. The van der Waals surface area contributed by atoms with Crippen LogP contribution in [0, 0.1) is 5.92 Å². The molecule has 0 aromatic rings. The average molecular weight is 155 g/mol. The van der Waals surface area contributed by atoms with Gasteiger partial charge >= 0.3 is 0 Å². The van der Waals surface area contributed by atoms with Gasteiger partial charge in [-0.15, -0.1) is 0 Å². The normalized spacial score (nSPS) is 39.8. The molecule has 0 aromatic heterocycles. The molecule has 64 valence electrons. The van der Waals surface area contributed by atoms with Crippen molar-refractivity contribution < 1.29 is 4.74 Å². The third-order valence-corrected chi connectivity index (χ3v) is 3.06. The molecule has 2 aliphatic rings. The summed E-state index contributed by atoms with van der Waals surface area (Å²) in [6.07, 6.45) is 4.67. The van der Waals surface area contributed by atoms with E-state index in [1.165, 1.54) is 19.3 Å². The monoisotopic (exact) mass is 155 g/mol. The molecule has 2 atom stereocenters. The topological polar surface area (TPSA) is 12.5 Å². The van der Waals surface area contributed by atoms with Gasteiger partial charge in [0, 0.05) is 19.7 Å². The van der Waals surface area contributed by atoms with Crippen LogP contribution in [0.2, 0.25) is 0 Å². The van der Waals surface area contributed by atoms with Gasteiger partial charge in [0.05, 0.1) is 6.10 Å². The smallest absolute Gasteiger partial charge is 0.0713 e. The first-order valence-corrected chi connectivity index (χ1v) is 4.54. The lowest BCUT2D eigenvalue weighted by atomic mass is 10.1. The number of nitrogens with zero attached hydrogens (tertiary/aromatic N) is 1. The maximum atomic E-state index is 5.35. The largest absolute Gasteiger partial charge is 0.380 e. The van der Waals surface area contributed by atoms with Gasteiger partial charge in [0.1, 0.15) is 0 Å². The summed E-state index contributed by atoms with van der Waals surface area (Å²) in [6.45, 7) is 1.14. The molecule has 0 N–H and O–H groups in total. The first kappa shape index (κ1) is 7.56. The molecule has 0 radical (unpaired) electrons. The summed E-state index contributed by atoms with van der Waals surface area (Å²) < 4.78 is 5.35. The van der Waals surface area contributed by atoms with E-state index in [0.29, 0.717) is 6.10 Å². The minimum Gasteiger partial charge on any atom is -0.380 e. The Hall–Kier alpha value is -0.0800. The van der Waals surface area contributed by atoms with Gasteiger partial charge < -0.3 is 9.64 Å². The second-order valence-electron chi connectivity index (χ2n) is 3.94. The molecule has 0 amide bonds. The van der Waals surface area contributed by atoms with Crippen molar-refractivity contribution >= 4 is 0 Å². The Balaban J connectivity index is 1.90. The van der Waals surface area contributed by atoms with Gasteiger partial charge in [0.25, 0.3) is 0 Å². The molecule has 1 heterocycles. The quantitative estimate of drug-likeness (QED) is 0.592. The standard InChI is InChI=1S/C9H17NO/c1-10-6-8(11-2)5-9(10)7-3-4-7/h7-9H,3-6H2,1-2H3. The molecule has 1 aliphatic carbocycles. The summed E-state index contributed by atoms with van der Waals surface area (Å²) in [5, 5.41) is 0. The molecule has 1 saturated carbocycles. The van der Waals surface area contributed by atoms with Crippen molar-refractivity contribution in [2.45, 2.75) is 31.4 Å². The Morgan fingerprint density at radius 2 is 2.09 bits per heavy atom. The van der Waals surface area contributed by atoms with Crippen LogP contribution in [0.25, 0.3) is 0 Å². The third kappa shape index (κ3) is 1.42. The molecule has 2 rings (SSSR count). The molecule has 2 fully saturated rings. The number of rotatable bonds is 2. The van der Waals surface area contributed by atoms with Gasteiger partial charge in [-0.25, -0.2) is 0 Å². The number of hydrogen-bond acceptors (Lipinski definition) is 2. The zero-order valence-corrected chi connectivity index (χ0v) is 7.42. The van der Waals surface area contributed by atoms with Crippen molar-refractivity contribution in [1.29, 1.82) is 0 Å². The van der Waals surface area contributed by atoms with E-state index in [1.54, 1.807) is 0 Å². The SMILES string of the molecule is COC1CC(C2CC2)N(C)C1. The van der Waals surface area contributed by atoms with E-state index in [9.17, 15) is 0 Å². The molecule has 0 bridgehead atoms. The van der Waals surface area contributed by atoms with Crippen LogP contribution in [0.5, 0.6) is 0 Å². The lowest BCUT2D eigenvalue weighted by Crippen LogP contribution is -2.26. The molecule has 0 spiro atoms. The Morgan fingerprint density at radius 1 is 1.36 bits per heavy atom. The van der Waals surface area contributed by atoms with Crippen molar-refractivity contribution in [2.75, 3.05) is 20.7 Å².